The van der Waals surface area contributed by atoms with Crippen molar-refractivity contribution in [1.29, 1.82) is 0 Å². The third kappa shape index (κ3) is 2.60. The van der Waals surface area contributed by atoms with Gasteiger partial charge in [0.05, 0.1) is 17.6 Å². The highest BCUT2D eigenvalue weighted by molar-refractivity contribution is 6.02. The van der Waals surface area contributed by atoms with E-state index >= 15 is 0 Å². The number of carbonyl (C=O) groups is 1. The van der Waals surface area contributed by atoms with Crippen LogP contribution in [0.2, 0.25) is 0 Å². The van der Waals surface area contributed by atoms with Crippen LogP contribution in [0, 0.1) is 6.92 Å². The zero-order valence-electron chi connectivity index (χ0n) is 12.3. The van der Waals surface area contributed by atoms with E-state index in [1.54, 1.807) is 10.9 Å². The Hall–Kier alpha value is -2.96. The molecular formula is C15H15N5O2. The molecule has 0 atom stereocenters. The molecule has 1 aromatic carbocycles. The van der Waals surface area contributed by atoms with Crippen molar-refractivity contribution in [2.24, 2.45) is 0 Å². The quantitative estimate of drug-likeness (QED) is 0.799. The number of nitrogens with one attached hydrogen (secondary N) is 1. The van der Waals surface area contributed by atoms with Gasteiger partial charge in [-0.25, -0.2) is 4.68 Å². The number of hydrogen-bond acceptors (Lipinski definition) is 5. The first-order valence-electron chi connectivity index (χ1n) is 6.93. The topological polar surface area (TPSA) is 85.8 Å². The van der Waals surface area contributed by atoms with E-state index in [2.05, 4.69) is 20.8 Å². The summed E-state index contributed by atoms with van der Waals surface area (Å²) in [6.45, 7) is 3.81. The average Bonchev–Trinajstić information content (AvgIpc) is 3.15. The van der Waals surface area contributed by atoms with Gasteiger partial charge in [-0.15, -0.1) is 5.10 Å². The molecule has 0 radical (unpaired) electrons. The molecule has 0 saturated heterocycles. The van der Waals surface area contributed by atoms with Crippen molar-refractivity contribution in [1.82, 2.24) is 20.2 Å². The number of aromatic nitrogens is 4. The lowest BCUT2D eigenvalue weighted by Gasteiger charge is -2.00. The molecule has 0 aliphatic rings. The Balaban J connectivity index is 1.80. The molecule has 7 heteroatoms. The highest BCUT2D eigenvalue weighted by Gasteiger charge is 2.17. The molecule has 0 unspecified atom stereocenters. The van der Waals surface area contributed by atoms with Gasteiger partial charge in [-0.05, 0) is 25.5 Å². The van der Waals surface area contributed by atoms with Gasteiger partial charge in [0, 0.05) is 5.56 Å². The van der Waals surface area contributed by atoms with Gasteiger partial charge < -0.3 is 4.52 Å². The fraction of sp³-hybridized carbons (Fsp3) is 0.200. The van der Waals surface area contributed by atoms with Gasteiger partial charge in [-0.1, -0.05) is 35.5 Å². The number of amides is 1. The first-order valence-corrected chi connectivity index (χ1v) is 6.93. The largest absolute Gasteiger partial charge is 0.338 e. The van der Waals surface area contributed by atoms with Crippen molar-refractivity contribution in [3.8, 4) is 5.69 Å². The number of para-hydroxylation sites is 1. The maximum Gasteiger partial charge on any atom is 0.280 e. The summed E-state index contributed by atoms with van der Waals surface area (Å²) in [6.07, 6.45) is 2.29. The lowest BCUT2D eigenvalue weighted by molar-refractivity contribution is 0.101. The molecule has 0 aliphatic carbocycles. The lowest BCUT2D eigenvalue weighted by atomic mass is 10.2. The Morgan fingerprint density at radius 1 is 1.32 bits per heavy atom. The maximum absolute atomic E-state index is 12.2. The van der Waals surface area contributed by atoms with Crippen LogP contribution in [0.1, 0.15) is 28.7 Å². The minimum atomic E-state index is -0.381. The minimum absolute atomic E-state index is 0.208. The van der Waals surface area contributed by atoms with Crippen molar-refractivity contribution in [2.75, 3.05) is 5.32 Å². The van der Waals surface area contributed by atoms with E-state index in [4.69, 9.17) is 4.52 Å². The Morgan fingerprint density at radius 2 is 2.09 bits per heavy atom. The summed E-state index contributed by atoms with van der Waals surface area (Å²) < 4.78 is 6.68. The number of aryl methyl sites for hydroxylation is 1. The molecule has 1 N–H and O–H groups in total. The molecule has 0 bridgehead atoms. The zero-order valence-corrected chi connectivity index (χ0v) is 12.3. The van der Waals surface area contributed by atoms with E-state index < -0.39 is 0 Å². The van der Waals surface area contributed by atoms with Gasteiger partial charge in [0.1, 0.15) is 0 Å². The third-order valence-corrected chi connectivity index (χ3v) is 3.31. The highest BCUT2D eigenvalue weighted by atomic mass is 16.5. The monoisotopic (exact) mass is 297 g/mol. The van der Waals surface area contributed by atoms with E-state index in [0.29, 0.717) is 5.88 Å². The molecule has 0 spiro atoms. The Kier molecular flexibility index (Phi) is 3.69. The van der Waals surface area contributed by atoms with Gasteiger partial charge in [0.15, 0.2) is 5.69 Å². The van der Waals surface area contributed by atoms with E-state index in [1.165, 1.54) is 0 Å². The predicted molar refractivity (Wildman–Crippen MR) is 79.9 cm³/mol. The second-order valence-corrected chi connectivity index (χ2v) is 4.77. The van der Waals surface area contributed by atoms with E-state index in [0.717, 1.165) is 23.4 Å². The summed E-state index contributed by atoms with van der Waals surface area (Å²) in [5.74, 6) is -0.0210. The molecule has 0 aliphatic heterocycles. The normalized spacial score (nSPS) is 10.6. The van der Waals surface area contributed by atoms with Crippen molar-refractivity contribution >= 4 is 11.8 Å². The van der Waals surface area contributed by atoms with Gasteiger partial charge in [0.2, 0.25) is 5.88 Å². The SMILES string of the molecule is CCc1c(C)noc1NC(=O)c1cn(-c2ccccc2)nn1. The summed E-state index contributed by atoms with van der Waals surface area (Å²) in [5, 5.41) is 14.4. The van der Waals surface area contributed by atoms with Gasteiger partial charge >= 0.3 is 0 Å². The van der Waals surface area contributed by atoms with E-state index in [1.807, 2.05) is 44.2 Å². The van der Waals surface area contributed by atoms with Crippen LogP contribution < -0.4 is 5.32 Å². The molecule has 0 fully saturated rings. The molecule has 3 aromatic rings. The summed E-state index contributed by atoms with van der Waals surface area (Å²) in [4.78, 5) is 12.2. The minimum Gasteiger partial charge on any atom is -0.338 e. The molecular weight excluding hydrogens is 282 g/mol. The van der Waals surface area contributed by atoms with Gasteiger partial charge in [0.25, 0.3) is 5.91 Å². The summed E-state index contributed by atoms with van der Waals surface area (Å²) in [5.41, 5.74) is 2.69. The van der Waals surface area contributed by atoms with Gasteiger partial charge in [-0.3, -0.25) is 10.1 Å². The van der Waals surface area contributed by atoms with Crippen LogP contribution in [0.4, 0.5) is 5.88 Å². The van der Waals surface area contributed by atoms with Crippen LogP contribution in [0.25, 0.3) is 5.69 Å². The first kappa shape index (κ1) is 14.0. The standard InChI is InChI=1S/C15H15N5O2/c1-3-12-10(2)18-22-15(12)16-14(21)13-9-20(19-17-13)11-7-5-4-6-8-11/h4-9H,3H2,1-2H3,(H,16,21). The average molecular weight is 297 g/mol. The van der Waals surface area contributed by atoms with Crippen molar-refractivity contribution in [3.05, 3.63) is 53.5 Å². The second kappa shape index (κ2) is 5.80. The molecule has 2 heterocycles. The van der Waals surface area contributed by atoms with E-state index in [-0.39, 0.29) is 11.6 Å². The zero-order chi connectivity index (χ0) is 15.5. The molecule has 1 amide bonds. The van der Waals surface area contributed by atoms with E-state index in [9.17, 15) is 4.79 Å². The second-order valence-electron chi connectivity index (χ2n) is 4.77. The Labute approximate surface area is 126 Å². The molecule has 22 heavy (non-hydrogen) atoms. The molecule has 3 rings (SSSR count). The van der Waals surface area contributed by atoms with Crippen LogP contribution in [-0.2, 0) is 6.42 Å². The number of rotatable bonds is 4. The molecule has 0 saturated carbocycles. The number of hydrogen-bond donors (Lipinski definition) is 1. The van der Waals surface area contributed by atoms with Crippen LogP contribution in [0.15, 0.2) is 41.1 Å². The van der Waals surface area contributed by atoms with Crippen LogP contribution in [-0.4, -0.2) is 26.1 Å². The van der Waals surface area contributed by atoms with Crippen molar-refractivity contribution in [2.45, 2.75) is 20.3 Å². The van der Waals surface area contributed by atoms with Crippen LogP contribution >= 0.6 is 0 Å². The van der Waals surface area contributed by atoms with Crippen molar-refractivity contribution < 1.29 is 9.32 Å². The number of anilines is 1. The predicted octanol–water partition coefficient (Wildman–Crippen LogP) is 2.38. The number of carbonyl (C=O) groups excluding carboxylic acids is 1. The summed E-state index contributed by atoms with van der Waals surface area (Å²) >= 11 is 0. The third-order valence-electron chi connectivity index (χ3n) is 3.31. The Bertz CT molecular complexity index is 791. The molecule has 2 aromatic heterocycles. The molecule has 112 valence electrons. The lowest BCUT2D eigenvalue weighted by Crippen LogP contribution is -2.13. The number of benzene rings is 1. The fourth-order valence-corrected chi connectivity index (χ4v) is 2.15. The highest BCUT2D eigenvalue weighted by Crippen LogP contribution is 2.20. The van der Waals surface area contributed by atoms with Gasteiger partial charge in [-0.2, -0.15) is 0 Å². The van der Waals surface area contributed by atoms with Crippen LogP contribution in [0.5, 0.6) is 0 Å². The maximum atomic E-state index is 12.2. The van der Waals surface area contributed by atoms with Crippen molar-refractivity contribution in [3.63, 3.8) is 0 Å². The summed E-state index contributed by atoms with van der Waals surface area (Å²) in [6, 6.07) is 9.45. The number of nitrogens with zero attached hydrogens (tertiary/aromatic N) is 4. The fourth-order valence-electron chi connectivity index (χ4n) is 2.15. The summed E-state index contributed by atoms with van der Waals surface area (Å²) in [7, 11) is 0. The molecule has 7 nitrogen and oxygen atoms in total. The smallest absolute Gasteiger partial charge is 0.280 e. The first-order chi connectivity index (χ1) is 10.7. The Morgan fingerprint density at radius 3 is 2.82 bits per heavy atom. The van der Waals surface area contributed by atoms with Crippen LogP contribution in [0.3, 0.4) is 0 Å².